The fourth-order valence-electron chi connectivity index (χ4n) is 2.74. The van der Waals surface area contributed by atoms with Crippen LogP contribution in [0.2, 0.25) is 0 Å². The van der Waals surface area contributed by atoms with Crippen molar-refractivity contribution >= 4 is 5.91 Å². The molecule has 0 saturated carbocycles. The van der Waals surface area contributed by atoms with Gasteiger partial charge in [-0.2, -0.15) is 0 Å². The minimum absolute atomic E-state index is 0.125. The van der Waals surface area contributed by atoms with E-state index in [-0.39, 0.29) is 23.8 Å². The number of likely N-dealkylation sites (tertiary alicyclic amines) is 1. The summed E-state index contributed by atoms with van der Waals surface area (Å²) in [5.41, 5.74) is 0.283. The molecule has 2 rings (SSSR count). The maximum absolute atomic E-state index is 13.6. The van der Waals surface area contributed by atoms with Crippen LogP contribution in [-0.2, 0) is 0 Å². The molecule has 0 aromatic heterocycles. The third-order valence-electron chi connectivity index (χ3n) is 3.99. The van der Waals surface area contributed by atoms with Crippen LogP contribution in [0.1, 0.15) is 23.2 Å². The second kappa shape index (κ2) is 8.10. The van der Waals surface area contributed by atoms with Gasteiger partial charge in [0, 0.05) is 31.8 Å². The van der Waals surface area contributed by atoms with E-state index in [9.17, 15) is 14.3 Å². The van der Waals surface area contributed by atoms with Crippen molar-refractivity contribution < 1.29 is 19.0 Å². The third kappa shape index (κ3) is 4.42. The number of carbonyl (C=O) groups excluding carboxylic acids is 1. The van der Waals surface area contributed by atoms with Crippen molar-refractivity contribution in [1.29, 1.82) is 0 Å². The van der Waals surface area contributed by atoms with Gasteiger partial charge < -0.3 is 20.1 Å². The summed E-state index contributed by atoms with van der Waals surface area (Å²) in [6, 6.07) is 4.16. The van der Waals surface area contributed by atoms with Gasteiger partial charge in [-0.25, -0.2) is 4.39 Å². The summed E-state index contributed by atoms with van der Waals surface area (Å²) in [6.45, 7) is 3.31. The molecule has 0 bridgehead atoms. The Bertz CT molecular complexity index is 510. The zero-order valence-electron chi connectivity index (χ0n) is 12.8. The van der Waals surface area contributed by atoms with Gasteiger partial charge in [0.2, 0.25) is 0 Å². The largest absolute Gasteiger partial charge is 0.494 e. The number of methoxy groups -OCH3 is 1. The minimum atomic E-state index is -0.544. The first-order valence-electron chi connectivity index (χ1n) is 7.59. The van der Waals surface area contributed by atoms with Gasteiger partial charge in [-0.1, -0.05) is 0 Å². The number of amides is 1. The van der Waals surface area contributed by atoms with Gasteiger partial charge in [-0.3, -0.25) is 4.79 Å². The van der Waals surface area contributed by atoms with Gasteiger partial charge in [0.05, 0.1) is 7.11 Å². The van der Waals surface area contributed by atoms with Crippen LogP contribution < -0.4 is 10.1 Å². The van der Waals surface area contributed by atoms with Crippen LogP contribution in [0.25, 0.3) is 0 Å². The molecular weight excluding hydrogens is 287 g/mol. The highest BCUT2D eigenvalue weighted by atomic mass is 19.1. The molecule has 2 N–H and O–H groups in total. The van der Waals surface area contributed by atoms with Crippen molar-refractivity contribution in [3.63, 3.8) is 0 Å². The lowest BCUT2D eigenvalue weighted by molar-refractivity contribution is 0.0930. The molecule has 1 saturated heterocycles. The van der Waals surface area contributed by atoms with E-state index in [1.165, 1.54) is 19.2 Å². The van der Waals surface area contributed by atoms with Crippen molar-refractivity contribution in [3.8, 4) is 5.75 Å². The van der Waals surface area contributed by atoms with E-state index < -0.39 is 5.82 Å². The monoisotopic (exact) mass is 310 g/mol. The molecule has 1 aliphatic rings. The average molecular weight is 310 g/mol. The second-order valence-corrected chi connectivity index (χ2v) is 5.60. The second-order valence-electron chi connectivity index (χ2n) is 5.60. The van der Waals surface area contributed by atoms with Crippen molar-refractivity contribution in [1.82, 2.24) is 10.2 Å². The molecule has 0 aliphatic carbocycles. The molecule has 0 spiro atoms. The van der Waals surface area contributed by atoms with Gasteiger partial charge in [-0.15, -0.1) is 0 Å². The highest BCUT2D eigenvalue weighted by Gasteiger charge is 2.19. The Morgan fingerprint density at radius 3 is 3.05 bits per heavy atom. The number of nitrogens with one attached hydrogen (secondary N) is 1. The Kier molecular flexibility index (Phi) is 6.15. The Labute approximate surface area is 130 Å². The zero-order chi connectivity index (χ0) is 15.9. The molecule has 1 fully saturated rings. The number of ether oxygens (including phenoxy) is 1. The SMILES string of the molecule is COc1ccc(C(=O)NCCN2CCC[C@H](CO)C2)cc1F. The Morgan fingerprint density at radius 2 is 2.36 bits per heavy atom. The van der Waals surface area contributed by atoms with Crippen LogP contribution in [0.3, 0.4) is 0 Å². The van der Waals surface area contributed by atoms with E-state index in [0.29, 0.717) is 12.5 Å². The molecule has 6 heteroatoms. The molecule has 1 heterocycles. The first-order valence-corrected chi connectivity index (χ1v) is 7.59. The molecule has 0 unspecified atom stereocenters. The summed E-state index contributed by atoms with van der Waals surface area (Å²) in [7, 11) is 1.39. The van der Waals surface area contributed by atoms with E-state index >= 15 is 0 Å². The lowest BCUT2D eigenvalue weighted by atomic mass is 9.99. The number of halogens is 1. The van der Waals surface area contributed by atoms with E-state index in [4.69, 9.17) is 4.74 Å². The molecule has 1 aliphatic heterocycles. The predicted octanol–water partition coefficient (Wildman–Crippen LogP) is 1.27. The summed E-state index contributed by atoms with van der Waals surface area (Å²) >= 11 is 0. The highest BCUT2D eigenvalue weighted by Crippen LogP contribution is 2.17. The summed E-state index contributed by atoms with van der Waals surface area (Å²) in [5.74, 6) is -0.380. The molecular formula is C16H23FN2O3. The van der Waals surface area contributed by atoms with Crippen molar-refractivity contribution in [2.45, 2.75) is 12.8 Å². The number of aliphatic hydroxyl groups is 1. The zero-order valence-corrected chi connectivity index (χ0v) is 12.8. The molecule has 1 aromatic rings. The number of aliphatic hydroxyl groups excluding tert-OH is 1. The lowest BCUT2D eigenvalue weighted by Gasteiger charge is -2.31. The standard InChI is InChI=1S/C16H23FN2O3/c1-22-15-5-4-13(9-14(15)17)16(21)18-6-8-19-7-2-3-12(10-19)11-20/h4-5,9,12,20H,2-3,6-8,10-11H2,1H3,(H,18,21)/t12-/m0/s1. The summed E-state index contributed by atoms with van der Waals surface area (Å²) in [4.78, 5) is 14.2. The number of benzene rings is 1. The Hall–Kier alpha value is -1.66. The summed E-state index contributed by atoms with van der Waals surface area (Å²) in [6.07, 6.45) is 2.13. The van der Waals surface area contributed by atoms with Crippen LogP contribution in [0.5, 0.6) is 5.75 Å². The van der Waals surface area contributed by atoms with Crippen LogP contribution in [0.15, 0.2) is 18.2 Å². The first kappa shape index (κ1) is 16.7. The quantitative estimate of drug-likeness (QED) is 0.831. The van der Waals surface area contributed by atoms with Gasteiger partial charge >= 0.3 is 0 Å². The number of nitrogens with zero attached hydrogens (tertiary/aromatic N) is 1. The van der Waals surface area contributed by atoms with Crippen molar-refractivity contribution in [3.05, 3.63) is 29.6 Å². The van der Waals surface area contributed by atoms with E-state index in [0.717, 1.165) is 32.5 Å². The van der Waals surface area contributed by atoms with E-state index in [1.54, 1.807) is 6.07 Å². The predicted molar refractivity (Wildman–Crippen MR) is 81.5 cm³/mol. The van der Waals surface area contributed by atoms with Gasteiger partial charge in [0.1, 0.15) is 0 Å². The minimum Gasteiger partial charge on any atom is -0.494 e. The Balaban J connectivity index is 1.79. The molecule has 1 aromatic carbocycles. The number of hydrogen-bond acceptors (Lipinski definition) is 4. The maximum atomic E-state index is 13.6. The summed E-state index contributed by atoms with van der Waals surface area (Å²) in [5, 5.41) is 12.0. The van der Waals surface area contributed by atoms with Gasteiger partial charge in [0.15, 0.2) is 11.6 Å². The maximum Gasteiger partial charge on any atom is 0.251 e. The smallest absolute Gasteiger partial charge is 0.251 e. The molecule has 5 nitrogen and oxygen atoms in total. The fourth-order valence-corrected chi connectivity index (χ4v) is 2.74. The molecule has 1 amide bonds. The molecule has 1 atom stereocenters. The molecule has 22 heavy (non-hydrogen) atoms. The molecule has 122 valence electrons. The number of hydrogen-bond donors (Lipinski definition) is 2. The topological polar surface area (TPSA) is 61.8 Å². The fraction of sp³-hybridized carbons (Fsp3) is 0.562. The molecule has 0 radical (unpaired) electrons. The van der Waals surface area contributed by atoms with Gasteiger partial charge in [0.25, 0.3) is 5.91 Å². The van der Waals surface area contributed by atoms with Crippen LogP contribution in [0.4, 0.5) is 4.39 Å². The van der Waals surface area contributed by atoms with Crippen molar-refractivity contribution in [2.75, 3.05) is 39.9 Å². The number of piperidine rings is 1. The Morgan fingerprint density at radius 1 is 1.55 bits per heavy atom. The van der Waals surface area contributed by atoms with E-state index in [1.807, 2.05) is 0 Å². The summed E-state index contributed by atoms with van der Waals surface area (Å²) < 4.78 is 18.4. The van der Waals surface area contributed by atoms with Crippen LogP contribution in [0, 0.1) is 11.7 Å². The normalized spacial score (nSPS) is 19.0. The van der Waals surface area contributed by atoms with Crippen LogP contribution in [-0.4, -0.2) is 55.8 Å². The van der Waals surface area contributed by atoms with Gasteiger partial charge in [-0.05, 0) is 43.5 Å². The first-order chi connectivity index (χ1) is 10.6. The number of carbonyl (C=O) groups is 1. The highest BCUT2D eigenvalue weighted by molar-refractivity contribution is 5.94. The third-order valence-corrected chi connectivity index (χ3v) is 3.99. The van der Waals surface area contributed by atoms with Crippen molar-refractivity contribution in [2.24, 2.45) is 5.92 Å². The number of rotatable bonds is 6. The average Bonchev–Trinajstić information content (AvgIpc) is 2.54. The lowest BCUT2D eigenvalue weighted by Crippen LogP contribution is -2.41. The van der Waals surface area contributed by atoms with E-state index in [2.05, 4.69) is 10.2 Å². The van der Waals surface area contributed by atoms with Crippen LogP contribution >= 0.6 is 0 Å².